The predicted molar refractivity (Wildman–Crippen MR) is 98.7 cm³/mol. The smallest absolute Gasteiger partial charge is 0.326 e. The molecule has 126 valence electrons. The lowest BCUT2D eigenvalue weighted by molar-refractivity contribution is 0.243. The zero-order valence-electron chi connectivity index (χ0n) is 14.2. The summed E-state index contributed by atoms with van der Waals surface area (Å²) in [6.07, 6.45) is 3.16. The van der Waals surface area contributed by atoms with Crippen molar-refractivity contribution in [2.24, 2.45) is 0 Å². The minimum Gasteiger partial charge on any atom is -0.335 e. The highest BCUT2D eigenvalue weighted by Crippen LogP contribution is 2.25. The van der Waals surface area contributed by atoms with Crippen molar-refractivity contribution in [3.63, 3.8) is 0 Å². The molecule has 2 amide bonds. The van der Waals surface area contributed by atoms with Gasteiger partial charge in [0.1, 0.15) is 0 Å². The molecule has 0 radical (unpaired) electrons. The van der Waals surface area contributed by atoms with Gasteiger partial charge in [0.15, 0.2) is 0 Å². The largest absolute Gasteiger partial charge is 0.335 e. The summed E-state index contributed by atoms with van der Waals surface area (Å²) < 4.78 is 0. The van der Waals surface area contributed by atoms with Gasteiger partial charge in [-0.15, -0.1) is 0 Å². The SMILES string of the molecule is CN1CCCC(NC(=O)N(c2ccccc2)c2ccccc2)CC1. The summed E-state index contributed by atoms with van der Waals surface area (Å²) in [7, 11) is 2.14. The Balaban J connectivity index is 1.79. The van der Waals surface area contributed by atoms with E-state index in [2.05, 4.69) is 17.3 Å². The summed E-state index contributed by atoms with van der Waals surface area (Å²) in [5.74, 6) is 0. The van der Waals surface area contributed by atoms with Gasteiger partial charge in [-0.3, -0.25) is 4.90 Å². The van der Waals surface area contributed by atoms with Crippen LogP contribution in [0.3, 0.4) is 0 Å². The van der Waals surface area contributed by atoms with Crippen LogP contribution in [0.15, 0.2) is 60.7 Å². The van der Waals surface area contributed by atoms with E-state index < -0.39 is 0 Å². The number of hydrogen-bond donors (Lipinski definition) is 1. The number of para-hydroxylation sites is 2. The first-order valence-electron chi connectivity index (χ1n) is 8.63. The molecule has 3 rings (SSSR count). The molecular weight excluding hydrogens is 298 g/mol. The molecule has 4 heteroatoms. The topological polar surface area (TPSA) is 35.6 Å². The number of benzene rings is 2. The maximum Gasteiger partial charge on any atom is 0.326 e. The molecule has 1 fully saturated rings. The molecule has 2 aromatic rings. The lowest BCUT2D eigenvalue weighted by atomic mass is 10.1. The summed E-state index contributed by atoms with van der Waals surface area (Å²) in [6, 6.07) is 19.8. The van der Waals surface area contributed by atoms with Crippen molar-refractivity contribution < 1.29 is 4.79 Å². The molecule has 1 aliphatic rings. The molecule has 0 aliphatic carbocycles. The summed E-state index contributed by atoms with van der Waals surface area (Å²) in [4.78, 5) is 17.1. The Hall–Kier alpha value is -2.33. The fourth-order valence-electron chi connectivity index (χ4n) is 3.16. The van der Waals surface area contributed by atoms with E-state index in [1.54, 1.807) is 4.90 Å². The first-order valence-corrected chi connectivity index (χ1v) is 8.63. The summed E-state index contributed by atoms with van der Waals surface area (Å²) in [6.45, 7) is 2.13. The Labute approximate surface area is 144 Å². The van der Waals surface area contributed by atoms with Crippen LogP contribution in [0, 0.1) is 0 Å². The zero-order chi connectivity index (χ0) is 16.8. The summed E-state index contributed by atoms with van der Waals surface area (Å²) in [5.41, 5.74) is 1.76. The van der Waals surface area contributed by atoms with Gasteiger partial charge in [-0.1, -0.05) is 36.4 Å². The zero-order valence-corrected chi connectivity index (χ0v) is 14.2. The van der Waals surface area contributed by atoms with Gasteiger partial charge in [0.2, 0.25) is 0 Å². The standard InChI is InChI=1S/C20H25N3O/c1-22-15-8-9-17(14-16-22)21-20(24)23(18-10-4-2-5-11-18)19-12-6-3-7-13-19/h2-7,10-13,17H,8-9,14-16H2,1H3,(H,21,24). The van der Waals surface area contributed by atoms with Crippen LogP contribution in [0.25, 0.3) is 0 Å². The molecule has 1 atom stereocenters. The lowest BCUT2D eigenvalue weighted by Crippen LogP contribution is -2.43. The molecule has 4 nitrogen and oxygen atoms in total. The molecular formula is C20H25N3O. The maximum atomic E-state index is 13.0. The fraction of sp³-hybridized carbons (Fsp3) is 0.350. The average Bonchev–Trinajstić information content (AvgIpc) is 2.81. The normalized spacial score (nSPS) is 18.6. The van der Waals surface area contributed by atoms with Crippen LogP contribution in [-0.4, -0.2) is 37.1 Å². The number of nitrogens with one attached hydrogen (secondary N) is 1. The van der Waals surface area contributed by atoms with E-state index in [0.717, 1.165) is 43.7 Å². The molecule has 1 heterocycles. The predicted octanol–water partition coefficient (Wildman–Crippen LogP) is 4.02. The van der Waals surface area contributed by atoms with Crippen LogP contribution in [0.4, 0.5) is 16.2 Å². The maximum absolute atomic E-state index is 13.0. The van der Waals surface area contributed by atoms with E-state index in [9.17, 15) is 4.79 Å². The fourth-order valence-corrected chi connectivity index (χ4v) is 3.16. The third-order valence-corrected chi connectivity index (χ3v) is 4.51. The van der Waals surface area contributed by atoms with Crippen LogP contribution in [0.5, 0.6) is 0 Å². The number of hydrogen-bond acceptors (Lipinski definition) is 2. The van der Waals surface area contributed by atoms with E-state index in [4.69, 9.17) is 0 Å². The van der Waals surface area contributed by atoms with Crippen molar-refractivity contribution in [1.82, 2.24) is 10.2 Å². The second-order valence-corrected chi connectivity index (χ2v) is 6.39. The highest BCUT2D eigenvalue weighted by Gasteiger charge is 2.22. The molecule has 0 spiro atoms. The van der Waals surface area contributed by atoms with Crippen LogP contribution >= 0.6 is 0 Å². The minimum absolute atomic E-state index is 0.0537. The van der Waals surface area contributed by atoms with Crippen molar-refractivity contribution in [2.45, 2.75) is 25.3 Å². The van der Waals surface area contributed by atoms with E-state index >= 15 is 0 Å². The van der Waals surface area contributed by atoms with Crippen molar-refractivity contribution >= 4 is 17.4 Å². The minimum atomic E-state index is -0.0537. The van der Waals surface area contributed by atoms with Gasteiger partial charge in [-0.2, -0.15) is 0 Å². The summed E-state index contributed by atoms with van der Waals surface area (Å²) >= 11 is 0. The lowest BCUT2D eigenvalue weighted by Gasteiger charge is -2.26. The molecule has 0 aromatic heterocycles. The highest BCUT2D eigenvalue weighted by atomic mass is 16.2. The second-order valence-electron chi connectivity index (χ2n) is 6.39. The van der Waals surface area contributed by atoms with Crippen LogP contribution in [0.2, 0.25) is 0 Å². The number of urea groups is 1. The van der Waals surface area contributed by atoms with Gasteiger partial charge in [-0.05, 0) is 63.7 Å². The Kier molecular flexibility index (Phi) is 5.49. The number of amides is 2. The molecule has 1 saturated heterocycles. The van der Waals surface area contributed by atoms with E-state index in [0.29, 0.717) is 0 Å². The quantitative estimate of drug-likeness (QED) is 0.926. The number of nitrogens with zero attached hydrogens (tertiary/aromatic N) is 2. The Morgan fingerprint density at radius 3 is 2.12 bits per heavy atom. The summed E-state index contributed by atoms with van der Waals surface area (Å²) in [5, 5.41) is 3.24. The first-order chi connectivity index (χ1) is 11.7. The van der Waals surface area contributed by atoms with Crippen molar-refractivity contribution in [2.75, 3.05) is 25.0 Å². The third kappa shape index (κ3) is 4.15. The first kappa shape index (κ1) is 16.5. The molecule has 1 aliphatic heterocycles. The second kappa shape index (κ2) is 7.97. The Morgan fingerprint density at radius 1 is 0.958 bits per heavy atom. The third-order valence-electron chi connectivity index (χ3n) is 4.51. The van der Waals surface area contributed by atoms with Crippen molar-refractivity contribution in [3.05, 3.63) is 60.7 Å². The molecule has 0 bridgehead atoms. The highest BCUT2D eigenvalue weighted by molar-refractivity contribution is 5.99. The van der Waals surface area contributed by atoms with Gasteiger partial charge in [-0.25, -0.2) is 4.79 Å². The van der Waals surface area contributed by atoms with Gasteiger partial charge in [0.05, 0.1) is 11.4 Å². The molecule has 1 unspecified atom stereocenters. The van der Waals surface area contributed by atoms with Gasteiger partial charge in [0.25, 0.3) is 0 Å². The molecule has 1 N–H and O–H groups in total. The Morgan fingerprint density at radius 2 is 1.54 bits per heavy atom. The molecule has 0 saturated carbocycles. The van der Waals surface area contributed by atoms with Crippen LogP contribution in [0.1, 0.15) is 19.3 Å². The van der Waals surface area contributed by atoms with Crippen LogP contribution in [-0.2, 0) is 0 Å². The monoisotopic (exact) mass is 323 g/mol. The van der Waals surface area contributed by atoms with E-state index in [1.807, 2.05) is 60.7 Å². The molecule has 24 heavy (non-hydrogen) atoms. The van der Waals surface area contributed by atoms with Gasteiger partial charge < -0.3 is 10.2 Å². The van der Waals surface area contributed by atoms with Crippen molar-refractivity contribution in [3.8, 4) is 0 Å². The number of likely N-dealkylation sites (tertiary alicyclic amines) is 1. The Bertz CT molecular complexity index is 605. The van der Waals surface area contributed by atoms with Crippen LogP contribution < -0.4 is 10.2 Å². The van der Waals surface area contributed by atoms with Crippen molar-refractivity contribution in [1.29, 1.82) is 0 Å². The number of anilines is 2. The number of carbonyl (C=O) groups excluding carboxylic acids is 1. The number of carbonyl (C=O) groups is 1. The number of rotatable bonds is 3. The van der Waals surface area contributed by atoms with Gasteiger partial charge >= 0.3 is 6.03 Å². The average molecular weight is 323 g/mol. The van der Waals surface area contributed by atoms with E-state index in [1.165, 1.54) is 0 Å². The molecule has 2 aromatic carbocycles. The van der Waals surface area contributed by atoms with E-state index in [-0.39, 0.29) is 12.1 Å². The van der Waals surface area contributed by atoms with Gasteiger partial charge in [0, 0.05) is 6.04 Å².